The molecule has 1 atom stereocenters. The van der Waals surface area contributed by atoms with Crippen molar-refractivity contribution in [2.24, 2.45) is 0 Å². The van der Waals surface area contributed by atoms with Crippen molar-refractivity contribution in [3.8, 4) is 11.5 Å². The van der Waals surface area contributed by atoms with Crippen molar-refractivity contribution in [3.63, 3.8) is 0 Å². The summed E-state index contributed by atoms with van der Waals surface area (Å²) >= 11 is 0. The normalized spacial score (nSPS) is 11.6. The quantitative estimate of drug-likeness (QED) is 0.660. The Hall–Kier alpha value is -2.91. The van der Waals surface area contributed by atoms with E-state index in [0.29, 0.717) is 0 Å². The summed E-state index contributed by atoms with van der Waals surface area (Å²) in [6, 6.07) is 19.5. The number of aliphatic carboxylic acids is 2. The van der Waals surface area contributed by atoms with Gasteiger partial charge in [-0.15, -0.1) is 0 Å². The fourth-order valence-corrected chi connectivity index (χ4v) is 2.20. The molecule has 0 spiro atoms. The van der Waals surface area contributed by atoms with Gasteiger partial charge in [-0.2, -0.15) is 8.42 Å². The lowest BCUT2D eigenvalue weighted by Crippen LogP contribution is -2.31. The molecule has 0 aliphatic carbocycles. The molecule has 0 bridgehead atoms. The van der Waals surface area contributed by atoms with Crippen molar-refractivity contribution in [3.05, 3.63) is 60.7 Å². The molecular weight excluding hydrogens is 352 g/mol. The first-order valence-electron chi connectivity index (χ1n) is 6.89. The van der Waals surface area contributed by atoms with Crippen LogP contribution in [0.5, 0.6) is 11.5 Å². The second-order valence-corrected chi connectivity index (χ2v) is 6.27. The summed E-state index contributed by atoms with van der Waals surface area (Å²) < 4.78 is 34.2. The number of ether oxygens (including phenoxy) is 1. The first kappa shape index (κ1) is 20.1. The van der Waals surface area contributed by atoms with E-state index in [4.69, 9.17) is 19.5 Å². The Morgan fingerprint density at radius 3 is 1.52 bits per heavy atom. The molecule has 2 rings (SSSR count). The summed E-state index contributed by atoms with van der Waals surface area (Å²) in [5.74, 6) is -1.76. The Balaban J connectivity index is 0.000000252. The van der Waals surface area contributed by atoms with Crippen LogP contribution in [0.3, 0.4) is 0 Å². The Morgan fingerprint density at radius 2 is 1.28 bits per heavy atom. The zero-order valence-electron chi connectivity index (χ0n) is 12.8. The second-order valence-electron chi connectivity index (χ2n) is 4.67. The molecule has 0 heterocycles. The van der Waals surface area contributed by atoms with Gasteiger partial charge in [0.05, 0.1) is 6.42 Å². The Bertz CT molecular complexity index is 750. The molecule has 0 saturated carbocycles. The first-order valence-corrected chi connectivity index (χ1v) is 8.39. The van der Waals surface area contributed by atoms with E-state index in [2.05, 4.69) is 0 Å². The van der Waals surface area contributed by atoms with Crippen LogP contribution in [0.1, 0.15) is 6.42 Å². The lowest BCUT2D eigenvalue weighted by molar-refractivity contribution is -0.143. The molecule has 3 N–H and O–H groups in total. The van der Waals surface area contributed by atoms with Crippen LogP contribution in [-0.4, -0.2) is 40.4 Å². The van der Waals surface area contributed by atoms with Crippen LogP contribution in [0.4, 0.5) is 0 Å². The van der Waals surface area contributed by atoms with Crippen molar-refractivity contribution in [2.75, 3.05) is 0 Å². The highest BCUT2D eigenvalue weighted by molar-refractivity contribution is 7.87. The molecular formula is C16H16O8S. The number of rotatable bonds is 6. The maximum Gasteiger partial charge on any atom is 0.325 e. The molecule has 0 fully saturated rings. The van der Waals surface area contributed by atoms with Gasteiger partial charge in [0.15, 0.2) is 5.25 Å². The number of carboxylic acid groups (broad SMARTS) is 2. The van der Waals surface area contributed by atoms with Crippen molar-refractivity contribution >= 4 is 22.1 Å². The molecule has 2 aromatic rings. The highest BCUT2D eigenvalue weighted by Gasteiger charge is 2.33. The van der Waals surface area contributed by atoms with E-state index in [-0.39, 0.29) is 0 Å². The molecule has 2 aromatic carbocycles. The van der Waals surface area contributed by atoms with Crippen LogP contribution in [0.25, 0.3) is 0 Å². The summed E-state index contributed by atoms with van der Waals surface area (Å²) in [7, 11) is -4.84. The van der Waals surface area contributed by atoms with E-state index in [0.717, 1.165) is 11.5 Å². The van der Waals surface area contributed by atoms with E-state index in [1.165, 1.54) is 0 Å². The van der Waals surface area contributed by atoms with E-state index in [1.54, 1.807) is 0 Å². The van der Waals surface area contributed by atoms with E-state index < -0.39 is 33.7 Å². The SMILES string of the molecule is O=C(O)CC(C(=O)O)S(=O)(=O)O.c1ccc(Oc2ccccc2)cc1. The highest BCUT2D eigenvalue weighted by atomic mass is 32.2. The minimum atomic E-state index is -4.84. The van der Waals surface area contributed by atoms with Crippen LogP contribution >= 0.6 is 0 Å². The van der Waals surface area contributed by atoms with Gasteiger partial charge in [-0.3, -0.25) is 14.1 Å². The Kier molecular flexibility index (Phi) is 7.57. The Labute approximate surface area is 144 Å². The van der Waals surface area contributed by atoms with Crippen LogP contribution < -0.4 is 4.74 Å². The van der Waals surface area contributed by atoms with Gasteiger partial charge in [0.1, 0.15) is 11.5 Å². The first-order chi connectivity index (χ1) is 11.7. The summed E-state index contributed by atoms with van der Waals surface area (Å²) in [5, 5.41) is 13.9. The number of carbonyl (C=O) groups is 2. The standard InChI is InChI=1S/C12H10O.C4H6O7S/c1-3-7-11(8-4-1)13-12-9-5-2-6-10-12;5-3(6)1-2(4(7)8)12(9,10)11/h1-10H;2H,1H2,(H,5,6)(H,7,8)(H,9,10,11). The van der Waals surface area contributed by atoms with Gasteiger partial charge in [0, 0.05) is 0 Å². The molecule has 0 aliphatic heterocycles. The molecule has 9 heteroatoms. The zero-order valence-corrected chi connectivity index (χ0v) is 13.7. The fraction of sp³-hybridized carbons (Fsp3) is 0.125. The smallest absolute Gasteiger partial charge is 0.325 e. The minimum absolute atomic E-state index is 0.869. The van der Waals surface area contributed by atoms with Crippen molar-refractivity contribution in [1.82, 2.24) is 0 Å². The van der Waals surface area contributed by atoms with Gasteiger partial charge in [-0.05, 0) is 24.3 Å². The lowest BCUT2D eigenvalue weighted by Gasteiger charge is -2.04. The molecule has 25 heavy (non-hydrogen) atoms. The molecule has 8 nitrogen and oxygen atoms in total. The monoisotopic (exact) mass is 368 g/mol. The fourth-order valence-electron chi connectivity index (χ4n) is 1.59. The topological polar surface area (TPSA) is 138 Å². The number of hydrogen-bond acceptors (Lipinski definition) is 5. The predicted molar refractivity (Wildman–Crippen MR) is 88.2 cm³/mol. The molecule has 0 aromatic heterocycles. The minimum Gasteiger partial charge on any atom is -0.481 e. The van der Waals surface area contributed by atoms with Crippen molar-refractivity contribution in [2.45, 2.75) is 11.7 Å². The third-order valence-corrected chi connectivity index (χ3v) is 3.80. The number of carboxylic acids is 2. The number of para-hydroxylation sites is 2. The molecule has 0 amide bonds. The summed E-state index contributed by atoms with van der Waals surface area (Å²) in [6.07, 6.45) is -1.16. The molecule has 0 radical (unpaired) electrons. The van der Waals surface area contributed by atoms with Crippen molar-refractivity contribution in [1.29, 1.82) is 0 Å². The van der Waals surface area contributed by atoms with Gasteiger partial charge in [-0.1, -0.05) is 36.4 Å². The third kappa shape index (κ3) is 7.95. The summed E-state index contributed by atoms with van der Waals surface area (Å²) in [4.78, 5) is 20.0. The second kappa shape index (κ2) is 9.40. The van der Waals surface area contributed by atoms with Gasteiger partial charge < -0.3 is 14.9 Å². The lowest BCUT2D eigenvalue weighted by atomic mass is 10.3. The van der Waals surface area contributed by atoms with E-state index >= 15 is 0 Å². The molecule has 1 unspecified atom stereocenters. The maximum absolute atomic E-state index is 10.2. The average molecular weight is 368 g/mol. The van der Waals surface area contributed by atoms with Gasteiger partial charge >= 0.3 is 11.9 Å². The average Bonchev–Trinajstić information content (AvgIpc) is 2.54. The van der Waals surface area contributed by atoms with Gasteiger partial charge in [0.25, 0.3) is 10.1 Å². The zero-order chi connectivity index (χ0) is 18.9. The number of hydrogen-bond donors (Lipinski definition) is 3. The van der Waals surface area contributed by atoms with E-state index in [9.17, 15) is 18.0 Å². The van der Waals surface area contributed by atoms with Crippen molar-refractivity contribution < 1.29 is 37.5 Å². The maximum atomic E-state index is 10.2. The van der Waals surface area contributed by atoms with Crippen LogP contribution in [0.2, 0.25) is 0 Å². The number of benzene rings is 2. The molecule has 0 aliphatic rings. The predicted octanol–water partition coefficient (Wildman–Crippen LogP) is 2.28. The van der Waals surface area contributed by atoms with Crippen LogP contribution in [0.15, 0.2) is 60.7 Å². The summed E-state index contributed by atoms with van der Waals surface area (Å²) in [6.45, 7) is 0. The van der Waals surface area contributed by atoms with Crippen LogP contribution in [-0.2, 0) is 19.7 Å². The van der Waals surface area contributed by atoms with Gasteiger partial charge in [-0.25, -0.2) is 0 Å². The molecule has 134 valence electrons. The van der Waals surface area contributed by atoms with Gasteiger partial charge in [0.2, 0.25) is 0 Å². The Morgan fingerprint density at radius 1 is 0.880 bits per heavy atom. The third-order valence-electron chi connectivity index (χ3n) is 2.72. The summed E-state index contributed by atoms with van der Waals surface area (Å²) in [5.41, 5.74) is 0. The molecule has 0 saturated heterocycles. The highest BCUT2D eigenvalue weighted by Crippen LogP contribution is 2.19. The van der Waals surface area contributed by atoms with Crippen LogP contribution in [0, 0.1) is 0 Å². The van der Waals surface area contributed by atoms with E-state index in [1.807, 2.05) is 60.7 Å². The largest absolute Gasteiger partial charge is 0.481 e.